The lowest BCUT2D eigenvalue weighted by Gasteiger charge is -2.37. The van der Waals surface area contributed by atoms with Crippen LogP contribution in [0.4, 0.5) is 17.5 Å². The van der Waals surface area contributed by atoms with Crippen LogP contribution in [0, 0.1) is 13.8 Å². The Bertz CT molecular complexity index is 1220. The first kappa shape index (κ1) is 21.4. The van der Waals surface area contributed by atoms with Crippen molar-refractivity contribution in [1.29, 1.82) is 0 Å². The number of benzene rings is 2. The average molecular weight is 458 g/mol. The van der Waals surface area contributed by atoms with Crippen molar-refractivity contribution in [2.45, 2.75) is 23.6 Å². The summed E-state index contributed by atoms with van der Waals surface area (Å²) in [6, 6.07) is 12.6. The Kier molecular flexibility index (Phi) is 5.77. The minimum atomic E-state index is -3.78. The lowest BCUT2D eigenvalue weighted by Crippen LogP contribution is -2.47. The normalized spacial score (nSPS) is 14.7. The smallest absolute Gasteiger partial charge is 0.227 e. The molecule has 0 saturated carbocycles. The summed E-state index contributed by atoms with van der Waals surface area (Å²) in [5, 5.41) is 0.713. The van der Waals surface area contributed by atoms with E-state index in [-0.39, 0.29) is 15.6 Å². The number of hydrogen-bond acceptors (Lipinski definition) is 7. The molecule has 4 rings (SSSR count). The van der Waals surface area contributed by atoms with E-state index in [1.165, 1.54) is 11.8 Å². The van der Waals surface area contributed by atoms with Crippen LogP contribution in [-0.4, -0.2) is 44.6 Å². The maximum atomic E-state index is 13.0. The summed E-state index contributed by atoms with van der Waals surface area (Å²) >= 11 is 6.16. The van der Waals surface area contributed by atoms with Gasteiger partial charge in [-0.3, -0.25) is 0 Å². The van der Waals surface area contributed by atoms with E-state index in [9.17, 15) is 8.42 Å². The van der Waals surface area contributed by atoms with E-state index in [1.807, 2.05) is 36.1 Å². The minimum Gasteiger partial charge on any atom is -0.382 e. The van der Waals surface area contributed by atoms with E-state index >= 15 is 0 Å². The van der Waals surface area contributed by atoms with Crippen LogP contribution in [0.3, 0.4) is 0 Å². The van der Waals surface area contributed by atoms with Gasteiger partial charge in [-0.1, -0.05) is 29.8 Å². The molecule has 1 aliphatic rings. The standard InChI is InChI=1S/C22H24ClN5O2S/c1-15-4-3-5-18(12-15)31(29,30)20-14-25-22(26-21(20)24)28-10-8-27(9-11-28)19-13-17(23)7-6-16(19)2/h3-7,12-14H,8-11H2,1-2H3,(H2,24,25,26). The maximum Gasteiger partial charge on any atom is 0.227 e. The molecule has 1 saturated heterocycles. The number of rotatable bonds is 4. The zero-order valence-electron chi connectivity index (χ0n) is 17.4. The number of piperazine rings is 1. The van der Waals surface area contributed by atoms with Crippen molar-refractivity contribution in [2.75, 3.05) is 41.7 Å². The van der Waals surface area contributed by atoms with Crippen molar-refractivity contribution in [2.24, 2.45) is 0 Å². The van der Waals surface area contributed by atoms with Gasteiger partial charge in [-0.05, 0) is 49.2 Å². The summed E-state index contributed by atoms with van der Waals surface area (Å²) in [6.07, 6.45) is 1.31. The van der Waals surface area contributed by atoms with Gasteiger partial charge in [0.15, 0.2) is 0 Å². The molecule has 0 atom stereocenters. The molecule has 9 heteroatoms. The summed E-state index contributed by atoms with van der Waals surface area (Å²) in [4.78, 5) is 13.0. The Labute approximate surface area is 187 Å². The largest absolute Gasteiger partial charge is 0.382 e. The molecule has 0 bridgehead atoms. The fraction of sp³-hybridized carbons (Fsp3) is 0.273. The van der Waals surface area contributed by atoms with Crippen LogP contribution in [0.25, 0.3) is 0 Å². The number of halogens is 1. The third-order valence-corrected chi connectivity index (χ3v) is 7.44. The number of hydrogen-bond donors (Lipinski definition) is 1. The zero-order chi connectivity index (χ0) is 22.2. The SMILES string of the molecule is Cc1cccc(S(=O)(=O)c2cnc(N3CCN(c4cc(Cl)ccc4C)CC3)nc2N)c1. The summed E-state index contributed by atoms with van der Waals surface area (Å²) in [6.45, 7) is 6.83. The Morgan fingerprint density at radius 1 is 1.00 bits per heavy atom. The van der Waals surface area contributed by atoms with Gasteiger partial charge in [-0.15, -0.1) is 0 Å². The number of nitrogen functional groups attached to an aromatic ring is 1. The van der Waals surface area contributed by atoms with E-state index in [0.717, 1.165) is 24.3 Å². The first-order chi connectivity index (χ1) is 14.8. The molecule has 31 heavy (non-hydrogen) atoms. The van der Waals surface area contributed by atoms with Crippen LogP contribution >= 0.6 is 11.6 Å². The van der Waals surface area contributed by atoms with Gasteiger partial charge in [0.1, 0.15) is 10.7 Å². The Morgan fingerprint density at radius 3 is 2.39 bits per heavy atom. The van der Waals surface area contributed by atoms with Crippen LogP contribution in [0.2, 0.25) is 5.02 Å². The van der Waals surface area contributed by atoms with Gasteiger partial charge in [0, 0.05) is 36.9 Å². The highest BCUT2D eigenvalue weighted by Gasteiger charge is 2.25. The molecule has 2 heterocycles. The molecule has 0 aliphatic carbocycles. The van der Waals surface area contributed by atoms with E-state index < -0.39 is 9.84 Å². The first-order valence-electron chi connectivity index (χ1n) is 9.96. The number of aryl methyl sites for hydroxylation is 2. The molecule has 0 radical (unpaired) electrons. The monoisotopic (exact) mass is 457 g/mol. The Hall–Kier alpha value is -2.84. The summed E-state index contributed by atoms with van der Waals surface area (Å²) < 4.78 is 25.9. The number of nitrogens with zero attached hydrogens (tertiary/aromatic N) is 4. The highest BCUT2D eigenvalue weighted by atomic mass is 35.5. The second-order valence-corrected chi connectivity index (χ2v) is 10.00. The molecule has 3 aromatic rings. The molecular weight excluding hydrogens is 434 g/mol. The van der Waals surface area contributed by atoms with Crippen LogP contribution < -0.4 is 15.5 Å². The number of sulfone groups is 1. The predicted octanol–water partition coefficient (Wildman–Crippen LogP) is 3.49. The molecular formula is C22H24ClN5O2S. The van der Waals surface area contributed by atoms with Crippen molar-refractivity contribution in [1.82, 2.24) is 9.97 Å². The topological polar surface area (TPSA) is 92.4 Å². The van der Waals surface area contributed by atoms with E-state index in [4.69, 9.17) is 17.3 Å². The van der Waals surface area contributed by atoms with E-state index in [1.54, 1.807) is 18.2 Å². The molecule has 0 spiro atoms. The fourth-order valence-corrected chi connectivity index (χ4v) is 5.25. The van der Waals surface area contributed by atoms with Crippen LogP contribution in [0.1, 0.15) is 11.1 Å². The first-order valence-corrected chi connectivity index (χ1v) is 11.8. The van der Waals surface area contributed by atoms with Gasteiger partial charge in [0.2, 0.25) is 15.8 Å². The fourth-order valence-electron chi connectivity index (χ4n) is 3.71. The lowest BCUT2D eigenvalue weighted by molar-refractivity contribution is 0.595. The molecule has 0 unspecified atom stereocenters. The highest BCUT2D eigenvalue weighted by molar-refractivity contribution is 7.91. The molecule has 0 amide bonds. The van der Waals surface area contributed by atoms with Crippen LogP contribution in [0.15, 0.2) is 58.5 Å². The van der Waals surface area contributed by atoms with Gasteiger partial charge < -0.3 is 15.5 Å². The number of aromatic nitrogens is 2. The molecule has 2 N–H and O–H groups in total. The predicted molar refractivity (Wildman–Crippen MR) is 124 cm³/mol. The minimum absolute atomic E-state index is 0.0420. The van der Waals surface area contributed by atoms with Gasteiger partial charge in [-0.2, -0.15) is 4.98 Å². The second kappa shape index (κ2) is 8.36. The van der Waals surface area contributed by atoms with Crippen LogP contribution in [0.5, 0.6) is 0 Å². The third kappa shape index (κ3) is 4.31. The van der Waals surface area contributed by atoms with Gasteiger partial charge in [0.25, 0.3) is 0 Å². The number of nitrogens with two attached hydrogens (primary N) is 1. The lowest BCUT2D eigenvalue weighted by atomic mass is 10.1. The van der Waals surface area contributed by atoms with Crippen LogP contribution in [-0.2, 0) is 9.84 Å². The maximum absolute atomic E-state index is 13.0. The van der Waals surface area contributed by atoms with Crippen molar-refractivity contribution in [3.63, 3.8) is 0 Å². The van der Waals surface area contributed by atoms with Crippen molar-refractivity contribution >= 4 is 38.9 Å². The molecule has 7 nitrogen and oxygen atoms in total. The average Bonchev–Trinajstić information content (AvgIpc) is 2.75. The Morgan fingerprint density at radius 2 is 1.71 bits per heavy atom. The van der Waals surface area contributed by atoms with Crippen molar-refractivity contribution < 1.29 is 8.42 Å². The van der Waals surface area contributed by atoms with Crippen molar-refractivity contribution in [3.05, 3.63) is 64.8 Å². The molecule has 162 valence electrons. The third-order valence-electron chi connectivity index (χ3n) is 5.43. The molecule has 1 aliphatic heterocycles. The van der Waals surface area contributed by atoms with Gasteiger partial charge in [-0.25, -0.2) is 13.4 Å². The summed E-state index contributed by atoms with van der Waals surface area (Å²) in [5.74, 6) is 0.391. The molecule has 2 aromatic carbocycles. The zero-order valence-corrected chi connectivity index (χ0v) is 19.0. The van der Waals surface area contributed by atoms with E-state index in [2.05, 4.69) is 21.8 Å². The van der Waals surface area contributed by atoms with Gasteiger partial charge in [0.05, 0.1) is 11.1 Å². The number of anilines is 3. The van der Waals surface area contributed by atoms with Crippen molar-refractivity contribution in [3.8, 4) is 0 Å². The quantitative estimate of drug-likeness (QED) is 0.641. The summed E-state index contributed by atoms with van der Waals surface area (Å²) in [7, 11) is -3.78. The Balaban J connectivity index is 1.52. The molecule has 1 fully saturated rings. The molecule has 1 aromatic heterocycles. The van der Waals surface area contributed by atoms with Gasteiger partial charge >= 0.3 is 0 Å². The van der Waals surface area contributed by atoms with E-state index in [0.29, 0.717) is 24.1 Å². The second-order valence-electron chi connectivity index (χ2n) is 7.64. The summed E-state index contributed by atoms with van der Waals surface area (Å²) in [5.41, 5.74) is 9.20. The highest BCUT2D eigenvalue weighted by Crippen LogP contribution is 2.28.